The minimum atomic E-state index is -3.92. The third-order valence-electron chi connectivity index (χ3n) is 5.45. The Morgan fingerprint density at radius 1 is 1.14 bits per heavy atom. The van der Waals surface area contributed by atoms with E-state index in [0.29, 0.717) is 23.7 Å². The number of esters is 1. The number of methoxy groups -OCH3 is 1. The predicted octanol–water partition coefficient (Wildman–Crippen LogP) is 4.07. The second-order valence-corrected chi connectivity index (χ2v) is 10.6. The fraction of sp³-hybridized carbons (Fsp3) is 0.208. The normalized spacial score (nSPS) is 14.7. The molecule has 1 aliphatic heterocycles. The SMILES string of the molecule is COC(=O)c1ccc2c(c1)C(SCCNS(=O)(=O)c1cccc([N+](=O)[O-])c1)c1ccccc1CO2. The molecule has 3 aromatic rings. The van der Waals surface area contributed by atoms with E-state index in [1.807, 2.05) is 24.3 Å². The first-order valence-electron chi connectivity index (χ1n) is 10.6. The smallest absolute Gasteiger partial charge is 0.337 e. The third-order valence-corrected chi connectivity index (χ3v) is 8.19. The van der Waals surface area contributed by atoms with Crippen molar-refractivity contribution >= 4 is 33.4 Å². The van der Waals surface area contributed by atoms with Gasteiger partial charge in [0.2, 0.25) is 10.0 Å². The quantitative estimate of drug-likeness (QED) is 0.206. The van der Waals surface area contributed by atoms with Crippen LogP contribution in [0.25, 0.3) is 0 Å². The molecule has 0 saturated heterocycles. The Bertz CT molecular complexity index is 1380. The maximum absolute atomic E-state index is 12.6. The predicted molar refractivity (Wildman–Crippen MR) is 131 cm³/mol. The van der Waals surface area contributed by atoms with Crippen LogP contribution in [-0.4, -0.2) is 38.7 Å². The van der Waals surface area contributed by atoms with Gasteiger partial charge in [-0.3, -0.25) is 10.1 Å². The first-order chi connectivity index (χ1) is 16.8. The number of nitro benzene ring substituents is 1. The number of carbonyl (C=O) groups is 1. The van der Waals surface area contributed by atoms with Gasteiger partial charge < -0.3 is 9.47 Å². The van der Waals surface area contributed by atoms with Crippen LogP contribution in [0.4, 0.5) is 5.69 Å². The number of fused-ring (bicyclic) bond motifs is 2. The fourth-order valence-corrected chi connectivity index (χ4v) is 6.18. The molecule has 0 saturated carbocycles. The van der Waals surface area contributed by atoms with Gasteiger partial charge in [0.1, 0.15) is 12.4 Å². The van der Waals surface area contributed by atoms with Crippen LogP contribution in [0.5, 0.6) is 5.75 Å². The monoisotopic (exact) mass is 514 g/mol. The van der Waals surface area contributed by atoms with Crippen molar-refractivity contribution in [2.45, 2.75) is 16.8 Å². The number of non-ortho nitro benzene ring substituents is 1. The van der Waals surface area contributed by atoms with E-state index >= 15 is 0 Å². The Morgan fingerprint density at radius 2 is 1.94 bits per heavy atom. The second-order valence-electron chi connectivity index (χ2n) is 7.63. The summed E-state index contributed by atoms with van der Waals surface area (Å²) in [4.78, 5) is 22.3. The van der Waals surface area contributed by atoms with E-state index in [2.05, 4.69) is 4.72 Å². The first-order valence-corrected chi connectivity index (χ1v) is 13.1. The second kappa shape index (κ2) is 10.5. The van der Waals surface area contributed by atoms with E-state index in [4.69, 9.17) is 9.47 Å². The number of hydrogen-bond acceptors (Lipinski definition) is 8. The van der Waals surface area contributed by atoms with Crippen molar-refractivity contribution in [3.8, 4) is 5.75 Å². The Labute approximate surface area is 206 Å². The molecule has 1 unspecified atom stereocenters. The van der Waals surface area contributed by atoms with E-state index in [1.54, 1.807) is 18.2 Å². The van der Waals surface area contributed by atoms with Crippen molar-refractivity contribution in [2.75, 3.05) is 19.4 Å². The van der Waals surface area contributed by atoms with E-state index in [0.717, 1.165) is 22.8 Å². The van der Waals surface area contributed by atoms with Crippen molar-refractivity contribution in [3.63, 3.8) is 0 Å². The lowest BCUT2D eigenvalue weighted by molar-refractivity contribution is -0.385. The van der Waals surface area contributed by atoms with Crippen molar-refractivity contribution in [2.24, 2.45) is 0 Å². The molecule has 0 aliphatic carbocycles. The van der Waals surface area contributed by atoms with Crippen LogP contribution in [0.3, 0.4) is 0 Å². The topological polar surface area (TPSA) is 125 Å². The molecule has 3 aromatic carbocycles. The molecule has 182 valence electrons. The molecule has 11 heteroatoms. The minimum Gasteiger partial charge on any atom is -0.489 e. The number of benzene rings is 3. The van der Waals surface area contributed by atoms with Crippen LogP contribution >= 0.6 is 11.8 Å². The standard InChI is InChI=1S/C24H22N2O7S2/c1-32-24(27)16-9-10-22-21(13-16)23(20-8-3-2-5-17(20)15-33-22)34-12-11-25-35(30,31)19-7-4-6-18(14-19)26(28)29/h2-10,13-14,23,25H,11-12,15H2,1H3. The molecule has 35 heavy (non-hydrogen) atoms. The molecular weight excluding hydrogens is 492 g/mol. The summed E-state index contributed by atoms with van der Waals surface area (Å²) in [6.45, 7) is 0.471. The Morgan fingerprint density at radius 3 is 2.71 bits per heavy atom. The van der Waals surface area contributed by atoms with Gasteiger partial charge >= 0.3 is 5.97 Å². The molecule has 0 amide bonds. The van der Waals surface area contributed by atoms with Crippen LogP contribution in [0.15, 0.2) is 71.6 Å². The van der Waals surface area contributed by atoms with Crippen molar-refractivity contribution in [1.29, 1.82) is 0 Å². The summed E-state index contributed by atoms with van der Waals surface area (Å²) in [7, 11) is -2.60. The fourth-order valence-electron chi connectivity index (χ4n) is 3.75. The van der Waals surface area contributed by atoms with Gasteiger partial charge in [-0.25, -0.2) is 17.9 Å². The van der Waals surface area contributed by atoms with Gasteiger partial charge in [0.15, 0.2) is 0 Å². The highest BCUT2D eigenvalue weighted by Gasteiger charge is 2.26. The zero-order valence-electron chi connectivity index (χ0n) is 18.7. The number of rotatable bonds is 8. The van der Waals surface area contributed by atoms with Gasteiger partial charge in [-0.2, -0.15) is 0 Å². The lowest BCUT2D eigenvalue weighted by atomic mass is 9.98. The zero-order valence-corrected chi connectivity index (χ0v) is 20.3. The molecule has 9 nitrogen and oxygen atoms in total. The maximum Gasteiger partial charge on any atom is 0.337 e. The first kappa shape index (κ1) is 24.7. The van der Waals surface area contributed by atoms with Crippen molar-refractivity contribution in [1.82, 2.24) is 4.72 Å². The molecule has 0 radical (unpaired) electrons. The number of nitro groups is 1. The molecule has 0 aromatic heterocycles. The van der Waals surface area contributed by atoms with Crippen LogP contribution in [-0.2, 0) is 21.4 Å². The maximum atomic E-state index is 12.6. The molecule has 0 bridgehead atoms. The Hall–Kier alpha value is -3.41. The summed E-state index contributed by atoms with van der Waals surface area (Å²) in [5.74, 6) is 0.581. The summed E-state index contributed by atoms with van der Waals surface area (Å²) >= 11 is 1.50. The largest absolute Gasteiger partial charge is 0.489 e. The Kier molecular flexibility index (Phi) is 7.39. The summed E-state index contributed by atoms with van der Waals surface area (Å²) in [6, 6.07) is 17.9. The van der Waals surface area contributed by atoms with Crippen LogP contribution < -0.4 is 9.46 Å². The number of carbonyl (C=O) groups excluding carboxylic acids is 1. The third kappa shape index (κ3) is 5.47. The van der Waals surface area contributed by atoms with Gasteiger partial charge in [0, 0.05) is 30.0 Å². The zero-order chi connectivity index (χ0) is 25.0. The molecular formula is C24H22N2O7S2. The number of sulfonamides is 1. The number of nitrogens with zero attached hydrogens (tertiary/aromatic N) is 1. The van der Waals surface area contributed by atoms with E-state index < -0.39 is 20.9 Å². The molecule has 1 N–H and O–H groups in total. The lowest BCUT2D eigenvalue weighted by Gasteiger charge is -2.19. The number of nitrogens with one attached hydrogen (secondary N) is 1. The van der Waals surface area contributed by atoms with Gasteiger partial charge in [-0.15, -0.1) is 11.8 Å². The average molecular weight is 515 g/mol. The van der Waals surface area contributed by atoms with Crippen LogP contribution in [0.1, 0.15) is 32.3 Å². The highest BCUT2D eigenvalue weighted by molar-refractivity contribution is 7.99. The summed E-state index contributed by atoms with van der Waals surface area (Å²) in [5.41, 5.74) is 2.91. The molecule has 1 aliphatic rings. The van der Waals surface area contributed by atoms with E-state index in [9.17, 15) is 23.3 Å². The van der Waals surface area contributed by atoms with Gasteiger partial charge in [0.05, 0.1) is 27.7 Å². The van der Waals surface area contributed by atoms with E-state index in [1.165, 1.54) is 37.1 Å². The summed E-state index contributed by atoms with van der Waals surface area (Å²) < 4.78 is 38.7. The molecule has 0 spiro atoms. The highest BCUT2D eigenvalue weighted by Crippen LogP contribution is 2.44. The number of ether oxygens (including phenoxy) is 2. The van der Waals surface area contributed by atoms with Crippen molar-refractivity contribution in [3.05, 3.63) is 99.1 Å². The van der Waals surface area contributed by atoms with Gasteiger partial charge in [0.25, 0.3) is 5.69 Å². The van der Waals surface area contributed by atoms with E-state index in [-0.39, 0.29) is 22.4 Å². The number of thioether (sulfide) groups is 1. The highest BCUT2D eigenvalue weighted by atomic mass is 32.2. The lowest BCUT2D eigenvalue weighted by Crippen LogP contribution is -2.26. The number of hydrogen-bond donors (Lipinski definition) is 1. The molecule has 1 atom stereocenters. The Balaban J connectivity index is 1.54. The van der Waals surface area contributed by atoms with Crippen LogP contribution in [0, 0.1) is 10.1 Å². The van der Waals surface area contributed by atoms with Crippen LogP contribution in [0.2, 0.25) is 0 Å². The minimum absolute atomic E-state index is 0.0985. The molecule has 4 rings (SSSR count). The summed E-state index contributed by atoms with van der Waals surface area (Å²) in [5, 5.41) is 10.8. The van der Waals surface area contributed by atoms with Crippen molar-refractivity contribution < 1.29 is 27.6 Å². The molecule has 0 fully saturated rings. The van der Waals surface area contributed by atoms with Gasteiger partial charge in [-0.05, 0) is 35.4 Å². The summed E-state index contributed by atoms with van der Waals surface area (Å²) in [6.07, 6.45) is 0. The van der Waals surface area contributed by atoms with Gasteiger partial charge in [-0.1, -0.05) is 30.3 Å². The average Bonchev–Trinajstić information content (AvgIpc) is 3.02. The molecule has 1 heterocycles.